The van der Waals surface area contributed by atoms with Gasteiger partial charge in [0.2, 0.25) is 0 Å². The van der Waals surface area contributed by atoms with Gasteiger partial charge >= 0.3 is 0 Å². The summed E-state index contributed by atoms with van der Waals surface area (Å²) < 4.78 is 5.22. The lowest BCUT2D eigenvalue weighted by Gasteiger charge is -2.26. The van der Waals surface area contributed by atoms with Crippen LogP contribution in [0.25, 0.3) is 11.3 Å². The summed E-state index contributed by atoms with van der Waals surface area (Å²) >= 11 is 0. The highest BCUT2D eigenvalue weighted by molar-refractivity contribution is 5.93. The average Bonchev–Trinajstić information content (AvgIpc) is 3.11. The number of carbonyl (C=O) groups excluding carboxylic acids is 1. The van der Waals surface area contributed by atoms with E-state index >= 15 is 0 Å². The average molecular weight is 314 g/mol. The number of aliphatic hydroxyl groups is 1. The summed E-state index contributed by atoms with van der Waals surface area (Å²) in [7, 11) is 0. The first-order valence-electron chi connectivity index (χ1n) is 8.22. The Labute approximate surface area is 135 Å². The lowest BCUT2D eigenvalue weighted by molar-refractivity contribution is 0.0734. The fourth-order valence-corrected chi connectivity index (χ4v) is 3.09. The second kappa shape index (κ2) is 7.42. The van der Waals surface area contributed by atoms with Crippen molar-refractivity contribution in [2.45, 2.75) is 38.2 Å². The number of hydrogen-bond donors (Lipinski definition) is 2. The van der Waals surface area contributed by atoms with Gasteiger partial charge in [0.05, 0.1) is 6.10 Å². The zero-order chi connectivity index (χ0) is 16.1. The molecular weight excluding hydrogens is 292 g/mol. The van der Waals surface area contributed by atoms with Crippen molar-refractivity contribution in [3.05, 3.63) is 42.1 Å². The molecule has 1 saturated carbocycles. The molecule has 3 rings (SSSR count). The van der Waals surface area contributed by atoms with Gasteiger partial charge in [0.25, 0.3) is 5.91 Å². The van der Waals surface area contributed by atoms with Crippen LogP contribution in [0.2, 0.25) is 0 Å². The van der Waals surface area contributed by atoms with Crippen molar-refractivity contribution in [1.82, 2.24) is 10.5 Å². The molecule has 0 radical (unpaired) electrons. The lowest BCUT2D eigenvalue weighted by Crippen LogP contribution is -2.37. The highest BCUT2D eigenvalue weighted by atomic mass is 16.5. The predicted molar refractivity (Wildman–Crippen MR) is 86.9 cm³/mol. The number of hydrogen-bond acceptors (Lipinski definition) is 4. The maximum Gasteiger partial charge on any atom is 0.273 e. The van der Waals surface area contributed by atoms with Crippen LogP contribution in [-0.4, -0.2) is 28.8 Å². The first-order valence-corrected chi connectivity index (χ1v) is 8.22. The van der Waals surface area contributed by atoms with E-state index in [-0.39, 0.29) is 18.1 Å². The molecule has 1 aliphatic rings. The molecule has 0 bridgehead atoms. The van der Waals surface area contributed by atoms with E-state index in [1.54, 1.807) is 6.07 Å². The van der Waals surface area contributed by atoms with Crippen LogP contribution < -0.4 is 5.32 Å². The number of rotatable bonds is 5. The zero-order valence-electron chi connectivity index (χ0n) is 13.1. The molecular formula is C18H22N2O3. The summed E-state index contributed by atoms with van der Waals surface area (Å²) in [5.74, 6) is 0.538. The van der Waals surface area contributed by atoms with Gasteiger partial charge in [-0.1, -0.05) is 54.8 Å². The van der Waals surface area contributed by atoms with Gasteiger partial charge in [0, 0.05) is 18.2 Å². The highest BCUT2D eigenvalue weighted by Crippen LogP contribution is 2.26. The Morgan fingerprint density at radius 1 is 1.26 bits per heavy atom. The van der Waals surface area contributed by atoms with Gasteiger partial charge in [-0.15, -0.1) is 0 Å². The quantitative estimate of drug-likeness (QED) is 0.889. The lowest BCUT2D eigenvalue weighted by atomic mass is 9.85. The Morgan fingerprint density at radius 3 is 2.74 bits per heavy atom. The minimum atomic E-state index is -0.486. The third-order valence-electron chi connectivity index (χ3n) is 4.47. The maximum absolute atomic E-state index is 12.1. The topological polar surface area (TPSA) is 75.4 Å². The highest BCUT2D eigenvalue weighted by Gasteiger charge is 2.22. The minimum Gasteiger partial charge on any atom is -0.391 e. The fraction of sp³-hybridized carbons (Fsp3) is 0.444. The minimum absolute atomic E-state index is 0.236. The van der Waals surface area contributed by atoms with E-state index in [0.717, 1.165) is 18.4 Å². The largest absolute Gasteiger partial charge is 0.391 e. The molecule has 5 nitrogen and oxygen atoms in total. The number of benzene rings is 1. The van der Waals surface area contributed by atoms with Crippen molar-refractivity contribution in [2.75, 3.05) is 6.54 Å². The zero-order valence-corrected chi connectivity index (χ0v) is 13.1. The number of nitrogens with zero attached hydrogens (tertiary/aromatic N) is 1. The molecule has 2 aromatic rings. The Kier molecular flexibility index (Phi) is 5.08. The fourth-order valence-electron chi connectivity index (χ4n) is 3.09. The Morgan fingerprint density at radius 2 is 2.00 bits per heavy atom. The van der Waals surface area contributed by atoms with E-state index in [0.29, 0.717) is 11.7 Å². The van der Waals surface area contributed by atoms with Crippen LogP contribution in [0, 0.1) is 5.92 Å². The number of amides is 1. The third-order valence-corrected chi connectivity index (χ3v) is 4.47. The summed E-state index contributed by atoms with van der Waals surface area (Å²) in [5, 5.41) is 16.8. The van der Waals surface area contributed by atoms with E-state index in [1.165, 1.54) is 19.3 Å². The van der Waals surface area contributed by atoms with E-state index in [4.69, 9.17) is 4.52 Å². The molecule has 1 unspecified atom stereocenters. The van der Waals surface area contributed by atoms with E-state index in [9.17, 15) is 9.90 Å². The third kappa shape index (κ3) is 3.99. The van der Waals surface area contributed by atoms with Crippen LogP contribution in [0.15, 0.2) is 40.9 Å². The summed E-state index contributed by atoms with van der Waals surface area (Å²) in [5.41, 5.74) is 1.11. The van der Waals surface area contributed by atoms with Gasteiger partial charge in [0.15, 0.2) is 11.5 Å². The Bertz CT molecular complexity index is 633. The molecule has 1 atom stereocenters. The first kappa shape index (κ1) is 15.7. The molecule has 23 heavy (non-hydrogen) atoms. The van der Waals surface area contributed by atoms with Crippen molar-refractivity contribution < 1.29 is 14.4 Å². The number of nitrogens with one attached hydrogen (secondary N) is 1. The van der Waals surface area contributed by atoms with Crippen molar-refractivity contribution >= 4 is 5.91 Å². The van der Waals surface area contributed by atoms with Crippen molar-refractivity contribution in [3.63, 3.8) is 0 Å². The number of aliphatic hydroxyl groups excluding tert-OH is 1. The van der Waals surface area contributed by atoms with E-state index in [2.05, 4.69) is 10.5 Å². The second-order valence-electron chi connectivity index (χ2n) is 6.12. The van der Waals surface area contributed by atoms with Crippen molar-refractivity contribution in [2.24, 2.45) is 5.92 Å². The molecule has 1 amide bonds. The predicted octanol–water partition coefficient (Wildman–Crippen LogP) is 3.01. The van der Waals surface area contributed by atoms with Gasteiger partial charge in [-0.25, -0.2) is 0 Å². The first-order chi connectivity index (χ1) is 11.2. The monoisotopic (exact) mass is 314 g/mol. The maximum atomic E-state index is 12.1. The molecule has 0 aliphatic heterocycles. The molecule has 1 aromatic carbocycles. The van der Waals surface area contributed by atoms with E-state index < -0.39 is 6.10 Å². The van der Waals surface area contributed by atoms with Crippen LogP contribution in [0.3, 0.4) is 0 Å². The van der Waals surface area contributed by atoms with E-state index in [1.807, 2.05) is 30.3 Å². The molecule has 122 valence electrons. The summed E-state index contributed by atoms with van der Waals surface area (Å²) in [4.78, 5) is 12.1. The smallest absolute Gasteiger partial charge is 0.273 e. The SMILES string of the molecule is O=C(NCC(O)C1CCCCC1)c1cc(-c2ccccc2)on1. The van der Waals surface area contributed by atoms with Gasteiger partial charge < -0.3 is 14.9 Å². The summed E-state index contributed by atoms with van der Waals surface area (Å²) in [6, 6.07) is 11.1. The van der Waals surface area contributed by atoms with Crippen LogP contribution in [0.4, 0.5) is 0 Å². The molecule has 2 N–H and O–H groups in total. The standard InChI is InChI=1S/C18H22N2O3/c21-16(13-7-3-1-4-8-13)12-19-18(22)15-11-17(23-20-15)14-9-5-2-6-10-14/h2,5-6,9-11,13,16,21H,1,3-4,7-8,12H2,(H,19,22). The molecule has 1 aliphatic carbocycles. The molecule has 1 aromatic heterocycles. The normalized spacial score (nSPS) is 16.9. The molecule has 5 heteroatoms. The van der Waals surface area contributed by atoms with Crippen molar-refractivity contribution in [1.29, 1.82) is 0 Å². The number of carbonyl (C=O) groups is 1. The van der Waals surface area contributed by atoms with Crippen molar-refractivity contribution in [3.8, 4) is 11.3 Å². The Balaban J connectivity index is 1.55. The van der Waals surface area contributed by atoms with Gasteiger partial charge in [-0.3, -0.25) is 4.79 Å². The van der Waals surface area contributed by atoms with Crippen LogP contribution >= 0.6 is 0 Å². The molecule has 0 saturated heterocycles. The van der Waals surface area contributed by atoms with Gasteiger partial charge in [-0.2, -0.15) is 0 Å². The van der Waals surface area contributed by atoms with Crippen LogP contribution in [0.5, 0.6) is 0 Å². The molecule has 1 heterocycles. The Hall–Kier alpha value is -2.14. The summed E-state index contributed by atoms with van der Waals surface area (Å²) in [6.45, 7) is 0.261. The van der Waals surface area contributed by atoms with Gasteiger partial charge in [0.1, 0.15) is 0 Å². The second-order valence-corrected chi connectivity index (χ2v) is 6.12. The van der Waals surface area contributed by atoms with Crippen LogP contribution in [-0.2, 0) is 0 Å². The van der Waals surface area contributed by atoms with Gasteiger partial charge in [-0.05, 0) is 18.8 Å². The molecule has 0 spiro atoms. The molecule has 1 fully saturated rings. The number of aromatic nitrogens is 1. The summed E-state index contributed by atoms with van der Waals surface area (Å²) in [6.07, 6.45) is 5.17. The van der Waals surface area contributed by atoms with Crippen LogP contribution in [0.1, 0.15) is 42.6 Å².